The summed E-state index contributed by atoms with van der Waals surface area (Å²) in [6.45, 7) is 3.99. The zero-order valence-corrected chi connectivity index (χ0v) is 19.1. The summed E-state index contributed by atoms with van der Waals surface area (Å²) in [6.07, 6.45) is 1.69. The number of carbonyl (C=O) groups excluding carboxylic acids is 1. The zero-order chi connectivity index (χ0) is 22.1. The number of carbonyl (C=O) groups is 1. The Morgan fingerprint density at radius 3 is 2.28 bits per heavy atom. The third-order valence-electron chi connectivity index (χ3n) is 5.04. The molecule has 5 rings (SSSR count). The maximum absolute atomic E-state index is 13.4. The maximum atomic E-state index is 13.4. The van der Waals surface area contributed by atoms with Crippen LogP contribution in [0.25, 0.3) is 11.3 Å². The highest BCUT2D eigenvalue weighted by atomic mass is 32.1. The molecule has 1 N–H and O–H groups in total. The third-order valence-corrected chi connectivity index (χ3v) is 6.86. The van der Waals surface area contributed by atoms with Crippen molar-refractivity contribution in [1.29, 1.82) is 0 Å². The van der Waals surface area contributed by atoms with Crippen molar-refractivity contribution in [1.82, 2.24) is 9.97 Å². The molecule has 0 aliphatic carbocycles. The van der Waals surface area contributed by atoms with E-state index >= 15 is 0 Å². The van der Waals surface area contributed by atoms with E-state index in [-0.39, 0.29) is 5.91 Å². The van der Waals surface area contributed by atoms with Crippen molar-refractivity contribution in [3.63, 3.8) is 0 Å². The molecular weight excluding hydrogens is 438 g/mol. The van der Waals surface area contributed by atoms with Gasteiger partial charge in [0, 0.05) is 27.6 Å². The molecule has 1 aliphatic rings. The topological polar surface area (TPSA) is 70.5 Å². The van der Waals surface area contributed by atoms with Crippen molar-refractivity contribution in [2.75, 3.05) is 10.3 Å². The number of hydrogen-bond donors (Lipinski definition) is 1. The number of anilines is 2. The van der Waals surface area contributed by atoms with Crippen LogP contribution >= 0.6 is 22.7 Å². The first kappa shape index (κ1) is 20.3. The number of aryl methyl sites for hydroxylation is 2. The number of nitrogens with zero attached hydrogens (tertiary/aromatic N) is 4. The van der Waals surface area contributed by atoms with Crippen LogP contribution in [-0.2, 0) is 4.79 Å². The summed E-state index contributed by atoms with van der Waals surface area (Å²) in [5, 5.41) is 12.4. The molecule has 1 aliphatic heterocycles. The minimum absolute atomic E-state index is 0.227. The summed E-state index contributed by atoms with van der Waals surface area (Å²) in [7, 11) is 0. The van der Waals surface area contributed by atoms with Crippen LogP contribution in [0.1, 0.15) is 16.1 Å². The molecule has 2 aromatic heterocycles. The molecule has 0 radical (unpaired) electrons. The lowest BCUT2D eigenvalue weighted by molar-refractivity contribution is -0.114. The third kappa shape index (κ3) is 3.86. The van der Waals surface area contributed by atoms with Gasteiger partial charge >= 0.3 is 0 Å². The predicted octanol–water partition coefficient (Wildman–Crippen LogP) is 5.63. The number of aromatic nitrogens is 2. The number of amides is 1. The van der Waals surface area contributed by atoms with Crippen LogP contribution in [0, 0.1) is 13.8 Å². The van der Waals surface area contributed by atoms with Crippen molar-refractivity contribution in [3.8, 4) is 11.3 Å². The van der Waals surface area contributed by atoms with Crippen LogP contribution in [0.3, 0.4) is 0 Å². The molecule has 6 nitrogen and oxygen atoms in total. The van der Waals surface area contributed by atoms with Gasteiger partial charge in [0.1, 0.15) is 5.71 Å². The summed E-state index contributed by atoms with van der Waals surface area (Å²) in [5.74, 6) is -0.227. The highest BCUT2D eigenvalue weighted by Crippen LogP contribution is 2.32. The summed E-state index contributed by atoms with van der Waals surface area (Å²) in [6, 6.07) is 19.6. The Balaban J connectivity index is 1.51. The van der Waals surface area contributed by atoms with E-state index in [9.17, 15) is 4.79 Å². The van der Waals surface area contributed by atoms with Gasteiger partial charge in [0.2, 0.25) is 5.13 Å². The fourth-order valence-electron chi connectivity index (χ4n) is 3.26. The second-order valence-electron chi connectivity index (χ2n) is 7.18. The van der Waals surface area contributed by atoms with Gasteiger partial charge in [0.15, 0.2) is 5.13 Å². The minimum Gasteiger partial charge on any atom is -0.337 e. The molecule has 158 valence electrons. The standard InChI is InChI=1S/C24H19N5OS2/c1-15-16(2)32-23(26-15)25-13-19-21(18-11-7-4-8-12-18)28-29(22(19)30)24-27-20(14-31-24)17-9-5-3-6-10-17/h3-14H,1-2H3,(H,25,26)/b19-13-. The van der Waals surface area contributed by atoms with Crippen LogP contribution < -0.4 is 10.3 Å². The Morgan fingerprint density at radius 1 is 0.938 bits per heavy atom. The molecule has 1 amide bonds. The highest BCUT2D eigenvalue weighted by molar-refractivity contribution is 7.15. The summed E-state index contributed by atoms with van der Waals surface area (Å²) >= 11 is 2.95. The normalized spacial score (nSPS) is 14.8. The van der Waals surface area contributed by atoms with Crippen molar-refractivity contribution in [2.24, 2.45) is 5.10 Å². The lowest BCUT2D eigenvalue weighted by Gasteiger charge is -2.06. The SMILES string of the molecule is Cc1nc(N/C=C2\C(=O)N(c3nc(-c4ccccc4)cs3)N=C2c2ccccc2)sc1C. The quantitative estimate of drug-likeness (QED) is 0.394. The Bertz CT molecular complexity index is 1320. The van der Waals surface area contributed by atoms with E-state index in [2.05, 4.69) is 20.4 Å². The average Bonchev–Trinajstić information content (AvgIpc) is 3.51. The second-order valence-corrected chi connectivity index (χ2v) is 9.22. The van der Waals surface area contributed by atoms with Gasteiger partial charge in [-0.25, -0.2) is 9.97 Å². The number of thiazole rings is 2. The first-order valence-electron chi connectivity index (χ1n) is 10.0. The van der Waals surface area contributed by atoms with Gasteiger partial charge in [-0.05, 0) is 13.8 Å². The van der Waals surface area contributed by atoms with Crippen LogP contribution in [0.2, 0.25) is 0 Å². The van der Waals surface area contributed by atoms with E-state index in [1.807, 2.05) is 79.9 Å². The average molecular weight is 458 g/mol. The van der Waals surface area contributed by atoms with Crippen molar-refractivity contribution < 1.29 is 4.79 Å². The van der Waals surface area contributed by atoms with Crippen LogP contribution in [-0.4, -0.2) is 21.6 Å². The molecule has 0 unspecified atom stereocenters. The van der Waals surface area contributed by atoms with E-state index in [0.717, 1.165) is 32.5 Å². The van der Waals surface area contributed by atoms with Crippen molar-refractivity contribution in [3.05, 3.63) is 94.0 Å². The Kier molecular flexibility index (Phi) is 5.38. The van der Waals surface area contributed by atoms with Gasteiger partial charge in [-0.1, -0.05) is 60.7 Å². The lowest BCUT2D eigenvalue weighted by atomic mass is 10.0. The fraction of sp³-hybridized carbons (Fsp3) is 0.0833. The highest BCUT2D eigenvalue weighted by Gasteiger charge is 2.34. The predicted molar refractivity (Wildman–Crippen MR) is 131 cm³/mol. The Hall–Kier alpha value is -3.62. The number of rotatable bonds is 5. The summed E-state index contributed by atoms with van der Waals surface area (Å²) < 4.78 is 0. The summed E-state index contributed by atoms with van der Waals surface area (Å²) in [5.41, 5.74) is 4.73. The summed E-state index contributed by atoms with van der Waals surface area (Å²) in [4.78, 5) is 23.7. The van der Waals surface area contributed by atoms with Crippen LogP contribution in [0.15, 0.2) is 82.9 Å². The van der Waals surface area contributed by atoms with E-state index in [1.165, 1.54) is 16.3 Å². The van der Waals surface area contributed by atoms with Gasteiger partial charge in [0.05, 0.1) is 17.0 Å². The van der Waals surface area contributed by atoms with E-state index in [0.29, 0.717) is 16.4 Å². The van der Waals surface area contributed by atoms with Gasteiger partial charge < -0.3 is 5.32 Å². The zero-order valence-electron chi connectivity index (χ0n) is 17.4. The lowest BCUT2D eigenvalue weighted by Crippen LogP contribution is -2.21. The van der Waals surface area contributed by atoms with Crippen molar-refractivity contribution >= 4 is 44.6 Å². The van der Waals surface area contributed by atoms with Crippen molar-refractivity contribution in [2.45, 2.75) is 13.8 Å². The molecule has 0 saturated heterocycles. The van der Waals surface area contributed by atoms with Crippen LogP contribution in [0.4, 0.5) is 10.3 Å². The van der Waals surface area contributed by atoms with E-state index in [1.54, 1.807) is 17.5 Å². The molecule has 8 heteroatoms. The Labute approximate surface area is 193 Å². The van der Waals surface area contributed by atoms with E-state index < -0.39 is 0 Å². The van der Waals surface area contributed by atoms with Gasteiger partial charge in [-0.2, -0.15) is 10.1 Å². The molecule has 0 fully saturated rings. The molecule has 2 aromatic carbocycles. The molecular formula is C24H19N5OS2. The van der Waals surface area contributed by atoms with Gasteiger partial charge in [-0.15, -0.1) is 22.7 Å². The number of hydrogen-bond acceptors (Lipinski definition) is 7. The fourth-order valence-corrected chi connectivity index (χ4v) is 4.82. The number of hydrazone groups is 1. The molecule has 0 atom stereocenters. The van der Waals surface area contributed by atoms with E-state index in [4.69, 9.17) is 0 Å². The smallest absolute Gasteiger partial charge is 0.284 e. The van der Waals surface area contributed by atoms with Gasteiger partial charge in [0.25, 0.3) is 5.91 Å². The van der Waals surface area contributed by atoms with Crippen LogP contribution in [0.5, 0.6) is 0 Å². The first-order valence-corrected chi connectivity index (χ1v) is 11.7. The molecule has 0 bridgehead atoms. The molecule has 4 aromatic rings. The molecule has 0 spiro atoms. The minimum atomic E-state index is -0.227. The number of benzene rings is 2. The van der Waals surface area contributed by atoms with Gasteiger partial charge in [-0.3, -0.25) is 4.79 Å². The number of nitrogens with one attached hydrogen (secondary N) is 1. The molecule has 3 heterocycles. The maximum Gasteiger partial charge on any atom is 0.284 e. The second kappa shape index (κ2) is 8.49. The Morgan fingerprint density at radius 2 is 1.62 bits per heavy atom. The first-order chi connectivity index (χ1) is 15.6. The largest absolute Gasteiger partial charge is 0.337 e. The monoisotopic (exact) mass is 457 g/mol. The molecule has 0 saturated carbocycles. The molecule has 32 heavy (non-hydrogen) atoms.